The first kappa shape index (κ1) is 14.4. The molecule has 0 saturated carbocycles. The summed E-state index contributed by atoms with van der Waals surface area (Å²) < 4.78 is 0. The van der Waals surface area contributed by atoms with Gasteiger partial charge in [-0.1, -0.05) is 19.1 Å². The van der Waals surface area contributed by atoms with Crippen LogP contribution in [0.5, 0.6) is 0 Å². The Morgan fingerprint density at radius 1 is 1.43 bits per heavy atom. The number of anilines is 1. The standard InChI is InChI=1S/C16H20N2O2S/c1-11-5-4-8-18(10-11)15(19)9-14-16(20)17-12-6-2-3-7-13(12)21-14/h2-3,6-7,11,14H,4-5,8-10H2,1H3,(H,17,20). The highest BCUT2D eigenvalue weighted by molar-refractivity contribution is 8.01. The summed E-state index contributed by atoms with van der Waals surface area (Å²) in [6.07, 6.45) is 2.55. The van der Waals surface area contributed by atoms with E-state index in [-0.39, 0.29) is 23.5 Å². The van der Waals surface area contributed by atoms with Crippen molar-refractivity contribution in [3.05, 3.63) is 24.3 Å². The highest BCUT2D eigenvalue weighted by Gasteiger charge is 2.31. The Bertz CT molecular complexity index is 561. The van der Waals surface area contributed by atoms with Gasteiger partial charge in [-0.3, -0.25) is 9.59 Å². The third-order valence-electron chi connectivity index (χ3n) is 4.08. The predicted molar refractivity (Wildman–Crippen MR) is 84.3 cm³/mol. The van der Waals surface area contributed by atoms with Crippen LogP contribution in [0.4, 0.5) is 5.69 Å². The number of likely N-dealkylation sites (tertiary alicyclic amines) is 1. The van der Waals surface area contributed by atoms with Crippen molar-refractivity contribution in [1.29, 1.82) is 0 Å². The van der Waals surface area contributed by atoms with E-state index in [1.165, 1.54) is 18.2 Å². The molecule has 5 heteroatoms. The summed E-state index contributed by atoms with van der Waals surface area (Å²) in [6, 6.07) is 7.74. The molecule has 0 aromatic heterocycles. The molecule has 2 unspecified atom stereocenters. The second-order valence-electron chi connectivity index (χ2n) is 5.88. The van der Waals surface area contributed by atoms with Crippen LogP contribution in [-0.2, 0) is 9.59 Å². The zero-order valence-corrected chi connectivity index (χ0v) is 13.0. The quantitative estimate of drug-likeness (QED) is 0.914. The summed E-state index contributed by atoms with van der Waals surface area (Å²) in [5, 5.41) is 2.58. The van der Waals surface area contributed by atoms with Gasteiger partial charge in [0.05, 0.1) is 10.9 Å². The van der Waals surface area contributed by atoms with Crippen LogP contribution in [0.25, 0.3) is 0 Å². The minimum absolute atomic E-state index is 0.0582. The van der Waals surface area contributed by atoms with Crippen molar-refractivity contribution in [2.24, 2.45) is 5.92 Å². The summed E-state index contributed by atoms with van der Waals surface area (Å²) in [4.78, 5) is 27.5. The van der Waals surface area contributed by atoms with Crippen molar-refractivity contribution in [2.75, 3.05) is 18.4 Å². The Kier molecular flexibility index (Phi) is 4.19. The van der Waals surface area contributed by atoms with Crippen molar-refractivity contribution in [1.82, 2.24) is 4.90 Å². The lowest BCUT2D eigenvalue weighted by molar-refractivity contribution is -0.134. The van der Waals surface area contributed by atoms with Gasteiger partial charge in [0.2, 0.25) is 11.8 Å². The van der Waals surface area contributed by atoms with E-state index in [4.69, 9.17) is 0 Å². The Labute approximate surface area is 129 Å². The first-order valence-corrected chi connectivity index (χ1v) is 8.36. The normalized spacial score (nSPS) is 25.2. The number of nitrogens with one attached hydrogen (secondary N) is 1. The summed E-state index contributed by atoms with van der Waals surface area (Å²) in [5.74, 6) is 0.613. The Morgan fingerprint density at radius 3 is 3.05 bits per heavy atom. The van der Waals surface area contributed by atoms with Crippen molar-refractivity contribution >= 4 is 29.3 Å². The largest absolute Gasteiger partial charge is 0.342 e. The van der Waals surface area contributed by atoms with E-state index in [1.54, 1.807) is 0 Å². The number of fused-ring (bicyclic) bond motifs is 1. The molecular formula is C16H20N2O2S. The van der Waals surface area contributed by atoms with Gasteiger partial charge in [0.1, 0.15) is 0 Å². The number of rotatable bonds is 2. The van der Waals surface area contributed by atoms with Gasteiger partial charge >= 0.3 is 0 Å². The molecule has 112 valence electrons. The van der Waals surface area contributed by atoms with Crippen molar-refractivity contribution in [3.8, 4) is 0 Å². The van der Waals surface area contributed by atoms with Gasteiger partial charge in [-0.25, -0.2) is 0 Å². The van der Waals surface area contributed by atoms with Crippen LogP contribution in [0, 0.1) is 5.92 Å². The first-order chi connectivity index (χ1) is 10.1. The Balaban J connectivity index is 1.65. The molecule has 1 N–H and O–H groups in total. The smallest absolute Gasteiger partial charge is 0.238 e. The molecule has 0 radical (unpaired) electrons. The van der Waals surface area contributed by atoms with Crippen molar-refractivity contribution < 1.29 is 9.59 Å². The van der Waals surface area contributed by atoms with Crippen LogP contribution >= 0.6 is 11.8 Å². The molecule has 21 heavy (non-hydrogen) atoms. The average molecular weight is 304 g/mol. The number of amides is 2. The van der Waals surface area contributed by atoms with Gasteiger partial charge in [0, 0.05) is 24.4 Å². The molecule has 2 aliphatic heterocycles. The fourth-order valence-electron chi connectivity index (χ4n) is 2.93. The van der Waals surface area contributed by atoms with Crippen LogP contribution in [0.15, 0.2) is 29.2 Å². The van der Waals surface area contributed by atoms with Crippen LogP contribution in [0.1, 0.15) is 26.2 Å². The minimum Gasteiger partial charge on any atom is -0.342 e. The van der Waals surface area contributed by atoms with E-state index in [1.807, 2.05) is 29.2 Å². The van der Waals surface area contributed by atoms with Crippen molar-refractivity contribution in [3.63, 3.8) is 0 Å². The fraction of sp³-hybridized carbons (Fsp3) is 0.500. The molecule has 2 heterocycles. The van der Waals surface area contributed by atoms with E-state index < -0.39 is 0 Å². The molecule has 1 saturated heterocycles. The molecule has 2 atom stereocenters. The number of hydrogen-bond donors (Lipinski definition) is 1. The monoisotopic (exact) mass is 304 g/mol. The van der Waals surface area contributed by atoms with E-state index in [0.717, 1.165) is 30.1 Å². The third-order valence-corrected chi connectivity index (χ3v) is 5.35. The number of carbonyl (C=O) groups is 2. The lowest BCUT2D eigenvalue weighted by atomic mass is 10.00. The number of thioether (sulfide) groups is 1. The highest BCUT2D eigenvalue weighted by Crippen LogP contribution is 2.36. The summed E-state index contributed by atoms with van der Waals surface area (Å²) in [6.45, 7) is 3.84. The second kappa shape index (κ2) is 6.10. The van der Waals surface area contributed by atoms with Gasteiger partial charge in [-0.2, -0.15) is 0 Å². The van der Waals surface area contributed by atoms with Crippen molar-refractivity contribution in [2.45, 2.75) is 36.3 Å². The molecular weight excluding hydrogens is 284 g/mol. The van der Waals surface area contributed by atoms with E-state index in [2.05, 4.69) is 12.2 Å². The molecule has 0 aliphatic carbocycles. The van der Waals surface area contributed by atoms with Crippen LogP contribution in [0.3, 0.4) is 0 Å². The molecule has 0 spiro atoms. The molecule has 0 bridgehead atoms. The van der Waals surface area contributed by atoms with Gasteiger partial charge in [-0.05, 0) is 30.9 Å². The number of benzene rings is 1. The summed E-state index contributed by atoms with van der Waals surface area (Å²) >= 11 is 1.50. The van der Waals surface area contributed by atoms with Gasteiger partial charge in [0.25, 0.3) is 0 Å². The maximum atomic E-state index is 12.4. The van der Waals surface area contributed by atoms with Crippen LogP contribution in [0.2, 0.25) is 0 Å². The number of nitrogens with zero attached hydrogens (tertiary/aromatic N) is 1. The maximum Gasteiger partial charge on any atom is 0.238 e. The van der Waals surface area contributed by atoms with Crippen LogP contribution < -0.4 is 5.32 Å². The molecule has 2 aliphatic rings. The fourth-order valence-corrected chi connectivity index (χ4v) is 4.03. The third kappa shape index (κ3) is 3.23. The molecule has 1 aromatic rings. The van der Waals surface area contributed by atoms with Gasteiger partial charge < -0.3 is 10.2 Å². The average Bonchev–Trinajstić information content (AvgIpc) is 2.48. The molecule has 4 nitrogen and oxygen atoms in total. The number of hydrogen-bond acceptors (Lipinski definition) is 3. The van der Waals surface area contributed by atoms with Crippen LogP contribution in [-0.4, -0.2) is 35.1 Å². The topological polar surface area (TPSA) is 49.4 Å². The zero-order chi connectivity index (χ0) is 14.8. The summed E-state index contributed by atoms with van der Waals surface area (Å²) in [7, 11) is 0. The SMILES string of the molecule is CC1CCCN(C(=O)CC2Sc3ccccc3NC2=O)C1. The molecule has 1 fully saturated rings. The number of para-hydroxylation sites is 1. The summed E-state index contributed by atoms with van der Waals surface area (Å²) in [5.41, 5.74) is 0.850. The Hall–Kier alpha value is -1.49. The highest BCUT2D eigenvalue weighted by atomic mass is 32.2. The lowest BCUT2D eigenvalue weighted by Crippen LogP contribution is -2.42. The number of carbonyl (C=O) groups excluding carboxylic acids is 2. The molecule has 3 rings (SSSR count). The molecule has 1 aromatic carbocycles. The minimum atomic E-state index is -0.315. The zero-order valence-electron chi connectivity index (χ0n) is 12.2. The predicted octanol–water partition coefficient (Wildman–Crippen LogP) is 2.75. The van der Waals surface area contributed by atoms with E-state index in [0.29, 0.717) is 5.92 Å². The Morgan fingerprint density at radius 2 is 2.24 bits per heavy atom. The van der Waals surface area contributed by atoms with E-state index in [9.17, 15) is 9.59 Å². The number of piperidine rings is 1. The first-order valence-electron chi connectivity index (χ1n) is 7.48. The van der Waals surface area contributed by atoms with Gasteiger partial charge in [-0.15, -0.1) is 11.8 Å². The van der Waals surface area contributed by atoms with E-state index >= 15 is 0 Å². The van der Waals surface area contributed by atoms with Gasteiger partial charge in [0.15, 0.2) is 0 Å². The lowest BCUT2D eigenvalue weighted by Gasteiger charge is -2.32. The molecule has 2 amide bonds. The maximum absolute atomic E-state index is 12.4. The second-order valence-corrected chi connectivity index (χ2v) is 7.13.